The van der Waals surface area contributed by atoms with Gasteiger partial charge in [0.2, 0.25) is 12.5 Å². The number of nitrogens with zero attached hydrogens (tertiary/aromatic N) is 2. The third-order valence-electron chi connectivity index (χ3n) is 5.13. The van der Waals surface area contributed by atoms with Crippen LogP contribution in [0.25, 0.3) is 10.2 Å². The molecule has 2 aromatic carbocycles. The van der Waals surface area contributed by atoms with Gasteiger partial charge in [0, 0.05) is 24.2 Å². The highest BCUT2D eigenvalue weighted by atomic mass is 32.1. The van der Waals surface area contributed by atoms with Crippen molar-refractivity contribution in [3.63, 3.8) is 0 Å². The third kappa shape index (κ3) is 4.51. The van der Waals surface area contributed by atoms with Gasteiger partial charge in [-0.1, -0.05) is 11.3 Å². The molecule has 0 atom stereocenters. The standard InChI is InChI=1S/C23H24N2O8S/c1-5-31-20(26)6-7-25-14-10-15-16(33-12-32-15)11-19(14)34-23(25)24-22(27)13-8-17(28-2)21(30-4)18(9-13)29-3/h8-11H,5-7,12H2,1-4H3. The number of rotatable bonds is 8. The Morgan fingerprint density at radius 3 is 2.32 bits per heavy atom. The molecular formula is C23H24N2O8S. The highest BCUT2D eigenvalue weighted by molar-refractivity contribution is 7.16. The first-order chi connectivity index (χ1) is 16.5. The van der Waals surface area contributed by atoms with E-state index >= 15 is 0 Å². The van der Waals surface area contributed by atoms with Gasteiger partial charge in [0.15, 0.2) is 27.8 Å². The average molecular weight is 489 g/mol. The van der Waals surface area contributed by atoms with Crippen LogP contribution in [0.4, 0.5) is 0 Å². The van der Waals surface area contributed by atoms with Crippen LogP contribution in [-0.2, 0) is 16.1 Å². The molecule has 34 heavy (non-hydrogen) atoms. The Hall–Kier alpha value is -3.73. The van der Waals surface area contributed by atoms with E-state index < -0.39 is 5.91 Å². The third-order valence-corrected chi connectivity index (χ3v) is 6.17. The zero-order valence-electron chi connectivity index (χ0n) is 19.2. The van der Waals surface area contributed by atoms with Crippen LogP contribution in [0.3, 0.4) is 0 Å². The van der Waals surface area contributed by atoms with E-state index in [1.54, 1.807) is 23.6 Å². The molecule has 2 heterocycles. The Morgan fingerprint density at radius 1 is 1.03 bits per heavy atom. The minimum Gasteiger partial charge on any atom is -0.493 e. The molecule has 180 valence electrons. The summed E-state index contributed by atoms with van der Waals surface area (Å²) < 4.78 is 34.7. The van der Waals surface area contributed by atoms with Crippen LogP contribution in [-0.4, -0.2) is 51.2 Å². The first-order valence-corrected chi connectivity index (χ1v) is 11.3. The number of amides is 1. The number of benzene rings is 2. The summed E-state index contributed by atoms with van der Waals surface area (Å²) in [6.45, 7) is 2.47. The molecule has 0 aliphatic carbocycles. The predicted octanol–water partition coefficient (Wildman–Crippen LogP) is 3.15. The van der Waals surface area contributed by atoms with Crippen LogP contribution in [0.2, 0.25) is 0 Å². The summed E-state index contributed by atoms with van der Waals surface area (Å²) in [4.78, 5) is 29.9. The highest BCUT2D eigenvalue weighted by Crippen LogP contribution is 2.39. The van der Waals surface area contributed by atoms with Gasteiger partial charge in [0.1, 0.15) is 0 Å². The minimum atomic E-state index is -0.504. The maximum Gasteiger partial charge on any atom is 0.307 e. The number of carbonyl (C=O) groups excluding carboxylic acids is 2. The van der Waals surface area contributed by atoms with Gasteiger partial charge in [-0.2, -0.15) is 4.99 Å². The summed E-state index contributed by atoms with van der Waals surface area (Å²) in [5.41, 5.74) is 1.04. The minimum absolute atomic E-state index is 0.125. The number of aromatic nitrogens is 1. The summed E-state index contributed by atoms with van der Waals surface area (Å²) in [6.07, 6.45) is 0.125. The van der Waals surface area contributed by atoms with Gasteiger partial charge in [-0.05, 0) is 19.1 Å². The van der Waals surface area contributed by atoms with Crippen molar-refractivity contribution < 1.29 is 38.0 Å². The Bertz CT molecular complexity index is 1290. The Labute approximate surface area is 199 Å². The van der Waals surface area contributed by atoms with Crippen LogP contribution in [0.15, 0.2) is 29.3 Å². The molecule has 10 nitrogen and oxygen atoms in total. The molecule has 1 aromatic heterocycles. The summed E-state index contributed by atoms with van der Waals surface area (Å²) in [7, 11) is 4.43. The predicted molar refractivity (Wildman–Crippen MR) is 123 cm³/mol. The molecule has 0 saturated carbocycles. The zero-order chi connectivity index (χ0) is 24.2. The molecule has 1 aliphatic heterocycles. The second-order valence-electron chi connectivity index (χ2n) is 7.10. The summed E-state index contributed by atoms with van der Waals surface area (Å²) >= 11 is 1.31. The van der Waals surface area contributed by atoms with Gasteiger partial charge in [-0.15, -0.1) is 0 Å². The Morgan fingerprint density at radius 2 is 1.71 bits per heavy atom. The van der Waals surface area contributed by atoms with E-state index in [-0.39, 0.29) is 31.3 Å². The molecule has 0 bridgehead atoms. The summed E-state index contributed by atoms with van der Waals surface area (Å²) in [5.74, 6) is 1.44. The smallest absolute Gasteiger partial charge is 0.307 e. The van der Waals surface area contributed by atoms with Crippen LogP contribution < -0.4 is 28.5 Å². The van der Waals surface area contributed by atoms with Crippen molar-refractivity contribution >= 4 is 33.4 Å². The fourth-order valence-corrected chi connectivity index (χ4v) is 4.62. The van der Waals surface area contributed by atoms with Gasteiger partial charge < -0.3 is 33.0 Å². The van der Waals surface area contributed by atoms with E-state index in [2.05, 4.69) is 4.99 Å². The summed E-state index contributed by atoms with van der Waals surface area (Å²) in [5, 5.41) is 0. The SMILES string of the molecule is CCOC(=O)CCn1c(=NC(=O)c2cc(OC)c(OC)c(OC)c2)sc2cc3c(cc21)OCO3. The first kappa shape index (κ1) is 23.4. The van der Waals surface area contributed by atoms with E-state index in [0.29, 0.717) is 40.2 Å². The average Bonchev–Trinajstić information content (AvgIpc) is 3.43. The number of methoxy groups -OCH3 is 3. The zero-order valence-corrected chi connectivity index (χ0v) is 20.0. The van der Waals surface area contributed by atoms with E-state index in [4.69, 9.17) is 28.4 Å². The molecular weight excluding hydrogens is 464 g/mol. The van der Waals surface area contributed by atoms with Gasteiger partial charge in [-0.25, -0.2) is 0 Å². The molecule has 0 N–H and O–H groups in total. The number of fused-ring (bicyclic) bond motifs is 2. The van der Waals surface area contributed by atoms with Crippen molar-refractivity contribution in [3.8, 4) is 28.7 Å². The number of aryl methyl sites for hydroxylation is 1. The number of hydrogen-bond acceptors (Lipinski definition) is 9. The molecule has 0 radical (unpaired) electrons. The second-order valence-corrected chi connectivity index (χ2v) is 8.10. The normalized spacial score (nSPS) is 12.6. The molecule has 0 unspecified atom stereocenters. The number of hydrogen-bond donors (Lipinski definition) is 0. The van der Waals surface area contributed by atoms with Crippen LogP contribution in [0.1, 0.15) is 23.7 Å². The van der Waals surface area contributed by atoms with Gasteiger partial charge in [0.05, 0.1) is 44.6 Å². The Balaban J connectivity index is 1.79. The molecule has 0 fully saturated rings. The van der Waals surface area contributed by atoms with Crippen LogP contribution in [0.5, 0.6) is 28.7 Å². The molecule has 1 amide bonds. The van der Waals surface area contributed by atoms with Gasteiger partial charge >= 0.3 is 5.97 Å². The maximum atomic E-state index is 13.2. The lowest BCUT2D eigenvalue weighted by Gasteiger charge is -2.12. The lowest BCUT2D eigenvalue weighted by atomic mass is 10.1. The fourth-order valence-electron chi connectivity index (χ4n) is 3.55. The lowest BCUT2D eigenvalue weighted by Crippen LogP contribution is -2.19. The molecule has 4 rings (SSSR count). The highest BCUT2D eigenvalue weighted by Gasteiger charge is 2.20. The van der Waals surface area contributed by atoms with Gasteiger partial charge in [0.25, 0.3) is 5.91 Å². The number of carbonyl (C=O) groups is 2. The van der Waals surface area contributed by atoms with Crippen molar-refractivity contribution in [2.24, 2.45) is 4.99 Å². The van der Waals surface area contributed by atoms with Crippen molar-refractivity contribution in [1.82, 2.24) is 4.57 Å². The largest absolute Gasteiger partial charge is 0.493 e. The van der Waals surface area contributed by atoms with Crippen LogP contribution in [0, 0.1) is 0 Å². The van der Waals surface area contributed by atoms with E-state index in [9.17, 15) is 9.59 Å². The number of thiazole rings is 1. The topological polar surface area (TPSA) is 107 Å². The number of ether oxygens (including phenoxy) is 6. The van der Waals surface area contributed by atoms with Crippen molar-refractivity contribution in [2.75, 3.05) is 34.7 Å². The summed E-state index contributed by atoms with van der Waals surface area (Å²) in [6, 6.07) is 6.74. The maximum absolute atomic E-state index is 13.2. The van der Waals surface area contributed by atoms with Crippen LogP contribution >= 0.6 is 11.3 Å². The van der Waals surface area contributed by atoms with Crippen molar-refractivity contribution in [2.45, 2.75) is 19.9 Å². The molecule has 0 spiro atoms. The second kappa shape index (κ2) is 10.0. The fraction of sp³-hybridized carbons (Fsp3) is 0.348. The monoisotopic (exact) mass is 488 g/mol. The molecule has 0 saturated heterocycles. The van der Waals surface area contributed by atoms with E-state index in [0.717, 1.165) is 10.2 Å². The molecule has 11 heteroatoms. The first-order valence-electron chi connectivity index (χ1n) is 10.5. The Kier molecular flexibility index (Phi) is 6.92. The number of esters is 1. The van der Waals surface area contributed by atoms with Crippen molar-refractivity contribution in [3.05, 3.63) is 34.6 Å². The molecule has 3 aromatic rings. The van der Waals surface area contributed by atoms with Gasteiger partial charge in [-0.3, -0.25) is 9.59 Å². The van der Waals surface area contributed by atoms with E-state index in [1.807, 2.05) is 12.1 Å². The molecule has 1 aliphatic rings. The van der Waals surface area contributed by atoms with Crippen molar-refractivity contribution in [1.29, 1.82) is 0 Å². The van der Waals surface area contributed by atoms with E-state index in [1.165, 1.54) is 32.7 Å². The lowest BCUT2D eigenvalue weighted by molar-refractivity contribution is -0.143. The quantitative estimate of drug-likeness (QED) is 0.445.